The quantitative estimate of drug-likeness (QED) is 0.821. The molecule has 0 heterocycles. The summed E-state index contributed by atoms with van der Waals surface area (Å²) in [6, 6.07) is 16.4. The molecule has 0 aromatic heterocycles. The predicted molar refractivity (Wildman–Crippen MR) is 81.2 cm³/mol. The number of methoxy groups -OCH3 is 2. The zero-order chi connectivity index (χ0) is 13.9. The van der Waals surface area contributed by atoms with Gasteiger partial charge >= 0.3 is 0 Å². The Morgan fingerprint density at radius 3 is 1.60 bits per heavy atom. The smallest absolute Gasteiger partial charge is 0.126 e. The second-order valence-electron chi connectivity index (χ2n) is 4.88. The Morgan fingerprint density at radius 1 is 0.750 bits per heavy atom. The van der Waals surface area contributed by atoms with Crippen molar-refractivity contribution >= 4 is 5.57 Å². The van der Waals surface area contributed by atoms with Gasteiger partial charge in [0.2, 0.25) is 0 Å². The van der Waals surface area contributed by atoms with E-state index >= 15 is 0 Å². The highest BCUT2D eigenvalue weighted by Gasteiger charge is 2.24. The molecule has 2 nitrogen and oxygen atoms in total. The number of allylic oxidation sites excluding steroid dienone is 1. The van der Waals surface area contributed by atoms with Gasteiger partial charge in [-0.1, -0.05) is 42.0 Å². The highest BCUT2D eigenvalue weighted by atomic mass is 16.5. The standard InChI is InChI=1S/C18H18O2/c1-19-16-9-5-3-7-14(16)18(13-11-12-13)15-8-4-6-10-17(15)20-2/h3-10H,11-12H2,1-2H3. The average molecular weight is 266 g/mol. The van der Waals surface area contributed by atoms with Crippen LogP contribution < -0.4 is 9.47 Å². The Morgan fingerprint density at radius 2 is 1.20 bits per heavy atom. The molecule has 3 rings (SSSR count). The summed E-state index contributed by atoms with van der Waals surface area (Å²) in [5.74, 6) is 1.82. The molecule has 0 spiro atoms. The molecule has 1 saturated carbocycles. The van der Waals surface area contributed by atoms with Crippen LogP contribution in [0.25, 0.3) is 5.57 Å². The Labute approximate surface area is 119 Å². The summed E-state index contributed by atoms with van der Waals surface area (Å²) < 4.78 is 11.0. The largest absolute Gasteiger partial charge is 0.496 e. The number of hydrogen-bond donors (Lipinski definition) is 0. The van der Waals surface area contributed by atoms with Gasteiger partial charge in [0.15, 0.2) is 0 Å². The molecule has 2 aromatic carbocycles. The van der Waals surface area contributed by atoms with Gasteiger partial charge in [-0.2, -0.15) is 0 Å². The number of rotatable bonds is 4. The lowest BCUT2D eigenvalue weighted by Crippen LogP contribution is -1.96. The van der Waals surface area contributed by atoms with Crippen molar-refractivity contribution in [3.05, 3.63) is 65.2 Å². The van der Waals surface area contributed by atoms with Crippen LogP contribution in [-0.2, 0) is 0 Å². The summed E-state index contributed by atoms with van der Waals surface area (Å²) in [6.07, 6.45) is 2.32. The topological polar surface area (TPSA) is 18.5 Å². The third-order valence-electron chi connectivity index (χ3n) is 3.61. The fraction of sp³-hybridized carbons (Fsp3) is 0.222. The van der Waals surface area contributed by atoms with Crippen molar-refractivity contribution in [3.63, 3.8) is 0 Å². The van der Waals surface area contributed by atoms with Gasteiger partial charge in [-0.05, 0) is 30.5 Å². The summed E-state index contributed by atoms with van der Waals surface area (Å²) in [5.41, 5.74) is 5.03. The van der Waals surface area contributed by atoms with Crippen LogP contribution >= 0.6 is 0 Å². The van der Waals surface area contributed by atoms with E-state index in [1.807, 2.05) is 24.3 Å². The first-order valence-electron chi connectivity index (χ1n) is 6.84. The normalized spacial score (nSPS) is 13.0. The highest BCUT2D eigenvalue weighted by Crippen LogP contribution is 2.45. The molecule has 0 radical (unpaired) electrons. The molecule has 1 aliphatic rings. The summed E-state index contributed by atoms with van der Waals surface area (Å²) in [5, 5.41) is 0. The van der Waals surface area contributed by atoms with Gasteiger partial charge < -0.3 is 9.47 Å². The molecule has 102 valence electrons. The zero-order valence-corrected chi connectivity index (χ0v) is 11.8. The van der Waals surface area contributed by atoms with E-state index in [4.69, 9.17) is 9.47 Å². The van der Waals surface area contributed by atoms with Gasteiger partial charge in [0.25, 0.3) is 0 Å². The maximum atomic E-state index is 5.52. The van der Waals surface area contributed by atoms with Crippen LogP contribution in [0.4, 0.5) is 0 Å². The highest BCUT2D eigenvalue weighted by molar-refractivity contribution is 5.88. The number of benzene rings is 2. The minimum Gasteiger partial charge on any atom is -0.496 e. The first-order chi connectivity index (χ1) is 9.85. The van der Waals surface area contributed by atoms with E-state index in [1.165, 1.54) is 11.1 Å². The molecule has 1 fully saturated rings. The van der Waals surface area contributed by atoms with E-state index in [0.717, 1.165) is 35.5 Å². The van der Waals surface area contributed by atoms with Crippen molar-refractivity contribution in [1.82, 2.24) is 0 Å². The van der Waals surface area contributed by atoms with Gasteiger partial charge in [-0.25, -0.2) is 0 Å². The molecule has 0 unspecified atom stereocenters. The lowest BCUT2D eigenvalue weighted by atomic mass is 9.95. The van der Waals surface area contributed by atoms with E-state index in [9.17, 15) is 0 Å². The number of hydrogen-bond acceptors (Lipinski definition) is 2. The van der Waals surface area contributed by atoms with Gasteiger partial charge in [0.05, 0.1) is 14.2 Å². The molecule has 0 N–H and O–H groups in total. The fourth-order valence-corrected chi connectivity index (χ4v) is 2.54. The predicted octanol–water partition coefficient (Wildman–Crippen LogP) is 4.30. The average Bonchev–Trinajstić information content (AvgIpc) is 3.33. The summed E-state index contributed by atoms with van der Waals surface area (Å²) >= 11 is 0. The van der Waals surface area contributed by atoms with Gasteiger partial charge in [0, 0.05) is 11.1 Å². The van der Waals surface area contributed by atoms with E-state index < -0.39 is 0 Å². The molecule has 2 aromatic rings. The molecule has 0 saturated heterocycles. The minimum absolute atomic E-state index is 0.910. The van der Waals surface area contributed by atoms with Crippen LogP contribution in [0, 0.1) is 0 Å². The third-order valence-corrected chi connectivity index (χ3v) is 3.61. The molecule has 0 atom stereocenters. The SMILES string of the molecule is COc1ccccc1C(=C1CC1)c1ccccc1OC. The lowest BCUT2D eigenvalue weighted by molar-refractivity contribution is 0.411. The van der Waals surface area contributed by atoms with Crippen molar-refractivity contribution in [3.8, 4) is 11.5 Å². The van der Waals surface area contributed by atoms with E-state index in [2.05, 4.69) is 24.3 Å². The summed E-state index contributed by atoms with van der Waals surface area (Å²) in [4.78, 5) is 0. The third kappa shape index (κ3) is 2.29. The van der Waals surface area contributed by atoms with Crippen LogP contribution in [0.15, 0.2) is 54.1 Å². The van der Waals surface area contributed by atoms with Gasteiger partial charge in [-0.3, -0.25) is 0 Å². The minimum atomic E-state index is 0.910. The van der Waals surface area contributed by atoms with Gasteiger partial charge in [0.1, 0.15) is 11.5 Å². The van der Waals surface area contributed by atoms with Crippen molar-refractivity contribution in [2.24, 2.45) is 0 Å². The number of para-hydroxylation sites is 2. The maximum absolute atomic E-state index is 5.52. The first-order valence-corrected chi connectivity index (χ1v) is 6.84. The van der Waals surface area contributed by atoms with Crippen LogP contribution in [-0.4, -0.2) is 14.2 Å². The Balaban J connectivity index is 2.19. The van der Waals surface area contributed by atoms with Crippen molar-refractivity contribution in [2.45, 2.75) is 12.8 Å². The Bertz CT molecular complexity index is 600. The van der Waals surface area contributed by atoms with E-state index in [1.54, 1.807) is 14.2 Å². The lowest BCUT2D eigenvalue weighted by Gasteiger charge is -2.15. The maximum Gasteiger partial charge on any atom is 0.126 e. The van der Waals surface area contributed by atoms with Gasteiger partial charge in [-0.15, -0.1) is 0 Å². The van der Waals surface area contributed by atoms with Crippen LogP contribution in [0.1, 0.15) is 24.0 Å². The zero-order valence-electron chi connectivity index (χ0n) is 11.8. The summed E-state index contributed by atoms with van der Waals surface area (Å²) in [6.45, 7) is 0. The van der Waals surface area contributed by atoms with Crippen molar-refractivity contribution in [2.75, 3.05) is 14.2 Å². The molecule has 0 aliphatic heterocycles. The molecule has 0 bridgehead atoms. The molecule has 2 heteroatoms. The first kappa shape index (κ1) is 12.8. The second kappa shape index (κ2) is 5.41. The van der Waals surface area contributed by atoms with Crippen LogP contribution in [0.3, 0.4) is 0 Å². The monoisotopic (exact) mass is 266 g/mol. The van der Waals surface area contributed by atoms with Crippen molar-refractivity contribution in [1.29, 1.82) is 0 Å². The molecular formula is C18H18O2. The Hall–Kier alpha value is -2.22. The van der Waals surface area contributed by atoms with E-state index in [0.29, 0.717) is 0 Å². The molecule has 1 aliphatic carbocycles. The summed E-state index contributed by atoms with van der Waals surface area (Å²) in [7, 11) is 3.44. The van der Waals surface area contributed by atoms with E-state index in [-0.39, 0.29) is 0 Å². The molecular weight excluding hydrogens is 248 g/mol. The molecule has 20 heavy (non-hydrogen) atoms. The number of ether oxygens (including phenoxy) is 2. The van der Waals surface area contributed by atoms with Crippen LogP contribution in [0.5, 0.6) is 11.5 Å². The van der Waals surface area contributed by atoms with Crippen LogP contribution in [0.2, 0.25) is 0 Å². The fourth-order valence-electron chi connectivity index (χ4n) is 2.54. The second-order valence-corrected chi connectivity index (χ2v) is 4.88. The Kier molecular flexibility index (Phi) is 3.46. The van der Waals surface area contributed by atoms with Crippen molar-refractivity contribution < 1.29 is 9.47 Å². The molecule has 0 amide bonds.